The highest BCUT2D eigenvalue weighted by Gasteiger charge is 2.22. The number of sulfone groups is 1. The molecule has 0 unspecified atom stereocenters. The van der Waals surface area contributed by atoms with Crippen LogP contribution in [0.3, 0.4) is 0 Å². The van der Waals surface area contributed by atoms with Gasteiger partial charge in [0.2, 0.25) is 0 Å². The standard InChI is InChI=1S/C15H12FNO4S/c1-17-12-8-14(11(16)7-13(12)21-15(17)18)22(19,20)9-10-5-3-2-4-6-10/h2-8H,9H2,1H3. The normalized spacial score (nSPS) is 11.9. The van der Waals surface area contributed by atoms with Crippen LogP contribution in [0.25, 0.3) is 11.1 Å². The first-order valence-corrected chi connectivity index (χ1v) is 8.09. The van der Waals surface area contributed by atoms with Gasteiger partial charge in [0.25, 0.3) is 0 Å². The molecule has 0 saturated carbocycles. The monoisotopic (exact) mass is 321 g/mol. The number of aryl methyl sites for hydroxylation is 1. The second-order valence-corrected chi connectivity index (χ2v) is 6.88. The molecule has 0 spiro atoms. The minimum Gasteiger partial charge on any atom is -0.408 e. The third-order valence-corrected chi connectivity index (χ3v) is 5.08. The van der Waals surface area contributed by atoms with Crippen molar-refractivity contribution in [2.45, 2.75) is 10.6 Å². The Morgan fingerprint density at radius 2 is 1.86 bits per heavy atom. The lowest BCUT2D eigenvalue weighted by Crippen LogP contribution is -2.10. The highest BCUT2D eigenvalue weighted by Crippen LogP contribution is 2.24. The van der Waals surface area contributed by atoms with Crippen molar-refractivity contribution in [3.8, 4) is 0 Å². The molecule has 2 aromatic carbocycles. The van der Waals surface area contributed by atoms with Gasteiger partial charge in [-0.05, 0) is 11.6 Å². The fourth-order valence-electron chi connectivity index (χ4n) is 2.24. The molecule has 1 heterocycles. The Balaban J connectivity index is 2.14. The van der Waals surface area contributed by atoms with E-state index in [0.717, 1.165) is 16.7 Å². The van der Waals surface area contributed by atoms with Gasteiger partial charge >= 0.3 is 5.76 Å². The average Bonchev–Trinajstić information content (AvgIpc) is 2.73. The van der Waals surface area contributed by atoms with Gasteiger partial charge in [-0.15, -0.1) is 0 Å². The van der Waals surface area contributed by atoms with E-state index in [0.29, 0.717) is 5.56 Å². The van der Waals surface area contributed by atoms with E-state index in [1.807, 2.05) is 0 Å². The second kappa shape index (κ2) is 5.10. The van der Waals surface area contributed by atoms with Crippen LogP contribution in [-0.4, -0.2) is 13.0 Å². The van der Waals surface area contributed by atoms with Crippen molar-refractivity contribution < 1.29 is 17.2 Å². The van der Waals surface area contributed by atoms with Crippen molar-refractivity contribution in [2.24, 2.45) is 7.05 Å². The summed E-state index contributed by atoms with van der Waals surface area (Å²) in [6.45, 7) is 0. The topological polar surface area (TPSA) is 69.3 Å². The Bertz CT molecular complexity index is 1000. The second-order valence-electron chi connectivity index (χ2n) is 4.92. The van der Waals surface area contributed by atoms with Gasteiger partial charge in [-0.25, -0.2) is 17.6 Å². The van der Waals surface area contributed by atoms with E-state index in [4.69, 9.17) is 4.42 Å². The van der Waals surface area contributed by atoms with Crippen LogP contribution in [0.1, 0.15) is 5.56 Å². The average molecular weight is 321 g/mol. The van der Waals surface area contributed by atoms with E-state index in [-0.39, 0.29) is 16.9 Å². The van der Waals surface area contributed by atoms with Crippen LogP contribution < -0.4 is 5.76 Å². The molecular formula is C15H12FNO4S. The fraction of sp³-hybridized carbons (Fsp3) is 0.133. The highest BCUT2D eigenvalue weighted by molar-refractivity contribution is 7.90. The van der Waals surface area contributed by atoms with Gasteiger partial charge < -0.3 is 4.42 Å². The summed E-state index contributed by atoms with van der Waals surface area (Å²) in [6, 6.07) is 10.6. The molecule has 0 radical (unpaired) electrons. The van der Waals surface area contributed by atoms with Crippen LogP contribution in [0.5, 0.6) is 0 Å². The molecule has 5 nitrogen and oxygen atoms in total. The van der Waals surface area contributed by atoms with Gasteiger partial charge in [0.05, 0.1) is 11.3 Å². The molecule has 0 N–H and O–H groups in total. The molecule has 0 saturated heterocycles. The number of hydrogen-bond acceptors (Lipinski definition) is 4. The van der Waals surface area contributed by atoms with Crippen LogP contribution in [0.4, 0.5) is 4.39 Å². The molecule has 3 aromatic rings. The predicted octanol–water partition coefficient (Wildman–Crippen LogP) is 2.24. The number of benzene rings is 2. The molecule has 3 rings (SSSR count). The predicted molar refractivity (Wildman–Crippen MR) is 78.7 cm³/mol. The summed E-state index contributed by atoms with van der Waals surface area (Å²) in [5.41, 5.74) is 0.810. The number of halogens is 1. The number of oxazole rings is 1. The summed E-state index contributed by atoms with van der Waals surface area (Å²) in [5.74, 6) is -1.92. The van der Waals surface area contributed by atoms with E-state index in [1.165, 1.54) is 7.05 Å². The third-order valence-electron chi connectivity index (χ3n) is 3.38. The Labute approximate surface area is 125 Å². The Hall–Kier alpha value is -2.41. The Kier molecular flexibility index (Phi) is 3.37. The summed E-state index contributed by atoms with van der Waals surface area (Å²) in [4.78, 5) is 11.0. The van der Waals surface area contributed by atoms with E-state index in [1.54, 1.807) is 30.3 Å². The Morgan fingerprint density at radius 1 is 1.18 bits per heavy atom. The summed E-state index contributed by atoms with van der Waals surface area (Å²) in [5, 5.41) is 0. The minimum absolute atomic E-state index is 0.0173. The van der Waals surface area contributed by atoms with Gasteiger partial charge in [0.15, 0.2) is 15.4 Å². The van der Waals surface area contributed by atoms with Crippen LogP contribution in [0, 0.1) is 5.82 Å². The van der Waals surface area contributed by atoms with E-state index < -0.39 is 26.3 Å². The number of hydrogen-bond donors (Lipinski definition) is 0. The van der Waals surface area contributed by atoms with Gasteiger partial charge in [-0.2, -0.15) is 0 Å². The number of aromatic nitrogens is 1. The molecule has 0 aliphatic rings. The molecular weight excluding hydrogens is 309 g/mol. The van der Waals surface area contributed by atoms with E-state index in [9.17, 15) is 17.6 Å². The quantitative estimate of drug-likeness (QED) is 0.742. The maximum Gasteiger partial charge on any atom is 0.419 e. The van der Waals surface area contributed by atoms with E-state index in [2.05, 4.69) is 0 Å². The van der Waals surface area contributed by atoms with E-state index >= 15 is 0 Å². The van der Waals surface area contributed by atoms with Crippen molar-refractivity contribution in [1.82, 2.24) is 4.57 Å². The smallest absolute Gasteiger partial charge is 0.408 e. The maximum absolute atomic E-state index is 14.1. The molecule has 1 aromatic heterocycles. The molecule has 0 amide bonds. The molecule has 0 aliphatic carbocycles. The van der Waals surface area contributed by atoms with Crippen LogP contribution in [0.2, 0.25) is 0 Å². The zero-order valence-corrected chi connectivity index (χ0v) is 12.4. The SMILES string of the molecule is Cn1c(=O)oc2cc(F)c(S(=O)(=O)Cc3ccccc3)cc21. The maximum atomic E-state index is 14.1. The summed E-state index contributed by atoms with van der Waals surface area (Å²) < 4.78 is 44.9. The lowest BCUT2D eigenvalue weighted by molar-refractivity contribution is 0.524. The molecule has 0 fully saturated rings. The Morgan fingerprint density at radius 3 is 2.55 bits per heavy atom. The highest BCUT2D eigenvalue weighted by atomic mass is 32.2. The number of fused-ring (bicyclic) bond motifs is 1. The summed E-state index contributed by atoms with van der Waals surface area (Å²) in [6.07, 6.45) is 0. The number of nitrogens with zero attached hydrogens (tertiary/aromatic N) is 1. The van der Waals surface area contributed by atoms with Crippen LogP contribution in [0.15, 0.2) is 56.6 Å². The zero-order valence-electron chi connectivity index (χ0n) is 11.6. The third kappa shape index (κ3) is 2.43. The first-order valence-electron chi connectivity index (χ1n) is 6.44. The molecule has 0 bridgehead atoms. The number of rotatable bonds is 3. The summed E-state index contributed by atoms with van der Waals surface area (Å²) >= 11 is 0. The van der Waals surface area contributed by atoms with Gasteiger partial charge in [0.1, 0.15) is 10.7 Å². The van der Waals surface area contributed by atoms with Gasteiger partial charge in [0, 0.05) is 13.1 Å². The van der Waals surface area contributed by atoms with Crippen LogP contribution in [-0.2, 0) is 22.6 Å². The molecule has 0 atom stereocenters. The van der Waals surface area contributed by atoms with Crippen molar-refractivity contribution in [1.29, 1.82) is 0 Å². The molecule has 7 heteroatoms. The fourth-order valence-corrected chi connectivity index (χ4v) is 3.67. The van der Waals surface area contributed by atoms with Crippen molar-refractivity contribution >= 4 is 20.9 Å². The lowest BCUT2D eigenvalue weighted by atomic mass is 10.2. The van der Waals surface area contributed by atoms with Crippen molar-refractivity contribution in [3.63, 3.8) is 0 Å². The zero-order chi connectivity index (χ0) is 15.9. The molecule has 114 valence electrons. The van der Waals surface area contributed by atoms with Gasteiger partial charge in [-0.3, -0.25) is 4.57 Å². The largest absolute Gasteiger partial charge is 0.419 e. The molecule has 22 heavy (non-hydrogen) atoms. The summed E-state index contributed by atoms with van der Waals surface area (Å²) in [7, 11) is -2.44. The first kappa shape index (κ1) is 14.5. The first-order chi connectivity index (χ1) is 10.4. The lowest BCUT2D eigenvalue weighted by Gasteiger charge is -2.06. The van der Waals surface area contributed by atoms with Crippen molar-refractivity contribution in [2.75, 3.05) is 0 Å². The van der Waals surface area contributed by atoms with Crippen LogP contribution >= 0.6 is 0 Å². The van der Waals surface area contributed by atoms with Crippen molar-refractivity contribution in [3.05, 3.63) is 64.4 Å². The minimum atomic E-state index is -3.88. The van der Waals surface area contributed by atoms with Gasteiger partial charge in [-0.1, -0.05) is 30.3 Å². The molecule has 0 aliphatic heterocycles.